The summed E-state index contributed by atoms with van der Waals surface area (Å²) in [4.78, 5) is 4.75. The molecule has 0 aliphatic rings. The highest BCUT2D eigenvalue weighted by molar-refractivity contribution is 5.75. The molecule has 110 valence electrons. The molecule has 2 aromatic rings. The second-order valence-electron chi connectivity index (χ2n) is 5.14. The van der Waals surface area contributed by atoms with Crippen LogP contribution in [0.25, 0.3) is 11.0 Å². The smallest absolute Gasteiger partial charge is 0.109 e. The van der Waals surface area contributed by atoms with Crippen LogP contribution >= 0.6 is 0 Å². The number of hydrogen-bond acceptors (Lipinski definition) is 3. The summed E-state index contributed by atoms with van der Waals surface area (Å²) in [6, 6.07) is 8.58. The summed E-state index contributed by atoms with van der Waals surface area (Å²) < 4.78 is 2.31. The van der Waals surface area contributed by atoms with Gasteiger partial charge in [0, 0.05) is 25.6 Å². The van der Waals surface area contributed by atoms with E-state index in [1.807, 2.05) is 6.07 Å². The molecule has 0 aliphatic carbocycles. The first-order valence-corrected chi connectivity index (χ1v) is 7.58. The first kappa shape index (κ1) is 15.0. The highest BCUT2D eigenvalue weighted by atomic mass is 16.3. The van der Waals surface area contributed by atoms with E-state index in [0.717, 1.165) is 43.7 Å². The minimum absolute atomic E-state index is 0.216. The van der Waals surface area contributed by atoms with Crippen LogP contribution < -0.4 is 5.32 Å². The Balaban J connectivity index is 2.31. The summed E-state index contributed by atoms with van der Waals surface area (Å²) in [7, 11) is 0. The van der Waals surface area contributed by atoms with Crippen molar-refractivity contribution in [1.29, 1.82) is 0 Å². The molecule has 0 amide bonds. The fraction of sp³-hybridized carbons (Fsp3) is 0.562. The van der Waals surface area contributed by atoms with Gasteiger partial charge < -0.3 is 15.0 Å². The summed E-state index contributed by atoms with van der Waals surface area (Å²) >= 11 is 0. The standard InChI is InChI=1S/C16H25N3O/c1-3-7-16-18-14-8-5-6-9-15(14)19(16)12-13(10-11-20)17-4-2/h5-6,8-9,13,17,20H,3-4,7,10-12H2,1-2H3. The van der Waals surface area contributed by atoms with Crippen molar-refractivity contribution < 1.29 is 5.11 Å². The number of nitrogens with zero attached hydrogens (tertiary/aromatic N) is 2. The molecule has 2 rings (SSSR count). The Kier molecular flexibility index (Phi) is 5.56. The van der Waals surface area contributed by atoms with Gasteiger partial charge >= 0.3 is 0 Å². The lowest BCUT2D eigenvalue weighted by molar-refractivity contribution is 0.257. The van der Waals surface area contributed by atoms with Gasteiger partial charge in [0.05, 0.1) is 11.0 Å². The Labute approximate surface area is 120 Å². The van der Waals surface area contributed by atoms with Gasteiger partial charge in [-0.25, -0.2) is 4.98 Å². The third-order valence-electron chi connectivity index (χ3n) is 3.58. The molecular weight excluding hydrogens is 250 g/mol. The number of nitrogens with one attached hydrogen (secondary N) is 1. The van der Waals surface area contributed by atoms with Gasteiger partial charge in [-0.3, -0.25) is 0 Å². The number of benzene rings is 1. The quantitative estimate of drug-likeness (QED) is 0.777. The van der Waals surface area contributed by atoms with E-state index in [1.54, 1.807) is 0 Å². The summed E-state index contributed by atoms with van der Waals surface area (Å²) in [6.07, 6.45) is 2.85. The van der Waals surface area contributed by atoms with Crippen molar-refractivity contribution in [3.63, 3.8) is 0 Å². The maximum Gasteiger partial charge on any atom is 0.109 e. The van der Waals surface area contributed by atoms with Crippen LogP contribution in [0.15, 0.2) is 24.3 Å². The van der Waals surface area contributed by atoms with Crippen molar-refractivity contribution in [2.24, 2.45) is 0 Å². The Morgan fingerprint density at radius 3 is 2.80 bits per heavy atom. The maximum atomic E-state index is 9.21. The zero-order valence-electron chi connectivity index (χ0n) is 12.5. The molecule has 1 heterocycles. The maximum absolute atomic E-state index is 9.21. The number of para-hydroxylation sites is 2. The lowest BCUT2D eigenvalue weighted by Crippen LogP contribution is -2.34. The summed E-state index contributed by atoms with van der Waals surface area (Å²) in [5.41, 5.74) is 2.26. The van der Waals surface area contributed by atoms with Gasteiger partial charge in [-0.15, -0.1) is 0 Å². The van der Waals surface area contributed by atoms with Crippen LogP contribution in [0.1, 0.15) is 32.5 Å². The van der Waals surface area contributed by atoms with Crippen molar-refractivity contribution in [3.8, 4) is 0 Å². The number of aliphatic hydroxyl groups is 1. The molecular formula is C16H25N3O. The van der Waals surface area contributed by atoms with Gasteiger partial charge in [0.25, 0.3) is 0 Å². The van der Waals surface area contributed by atoms with E-state index in [2.05, 4.69) is 41.9 Å². The molecule has 1 aromatic heterocycles. The van der Waals surface area contributed by atoms with Gasteiger partial charge in [-0.2, -0.15) is 0 Å². The monoisotopic (exact) mass is 275 g/mol. The van der Waals surface area contributed by atoms with Crippen molar-refractivity contribution in [2.45, 2.75) is 45.7 Å². The molecule has 0 spiro atoms. The third-order valence-corrected chi connectivity index (χ3v) is 3.58. The van der Waals surface area contributed by atoms with E-state index >= 15 is 0 Å². The average molecular weight is 275 g/mol. The zero-order valence-corrected chi connectivity index (χ0v) is 12.5. The van der Waals surface area contributed by atoms with Crippen LogP contribution in [0.5, 0.6) is 0 Å². The average Bonchev–Trinajstić information content (AvgIpc) is 2.78. The van der Waals surface area contributed by atoms with Gasteiger partial charge in [0.2, 0.25) is 0 Å². The van der Waals surface area contributed by atoms with E-state index in [9.17, 15) is 5.11 Å². The molecule has 20 heavy (non-hydrogen) atoms. The highest BCUT2D eigenvalue weighted by Gasteiger charge is 2.14. The second kappa shape index (κ2) is 7.41. The summed E-state index contributed by atoms with van der Waals surface area (Å²) in [6.45, 7) is 6.28. The molecule has 0 saturated heterocycles. The Bertz CT molecular complexity index is 530. The molecule has 1 unspecified atom stereocenters. The van der Waals surface area contributed by atoms with Gasteiger partial charge in [-0.1, -0.05) is 26.0 Å². The van der Waals surface area contributed by atoms with Gasteiger partial charge in [-0.05, 0) is 31.5 Å². The topological polar surface area (TPSA) is 50.1 Å². The molecule has 1 atom stereocenters. The van der Waals surface area contributed by atoms with E-state index in [0.29, 0.717) is 6.04 Å². The van der Waals surface area contributed by atoms with E-state index < -0.39 is 0 Å². The molecule has 4 heteroatoms. The first-order valence-electron chi connectivity index (χ1n) is 7.58. The molecule has 2 N–H and O–H groups in total. The Hall–Kier alpha value is -1.39. The van der Waals surface area contributed by atoms with Crippen LogP contribution in [-0.4, -0.2) is 33.9 Å². The van der Waals surface area contributed by atoms with Gasteiger partial charge in [0.1, 0.15) is 5.82 Å². The molecule has 0 aliphatic heterocycles. The number of aliphatic hydroxyl groups excluding tert-OH is 1. The van der Waals surface area contributed by atoms with Crippen molar-refractivity contribution in [3.05, 3.63) is 30.1 Å². The zero-order chi connectivity index (χ0) is 14.4. The number of fused-ring (bicyclic) bond motifs is 1. The fourth-order valence-corrected chi connectivity index (χ4v) is 2.67. The van der Waals surface area contributed by atoms with E-state index in [4.69, 9.17) is 4.98 Å². The Morgan fingerprint density at radius 1 is 1.30 bits per heavy atom. The number of likely N-dealkylation sites (N-methyl/N-ethyl adjacent to an activating group) is 1. The number of rotatable bonds is 8. The minimum atomic E-state index is 0.216. The largest absolute Gasteiger partial charge is 0.396 e. The first-order chi connectivity index (χ1) is 9.80. The van der Waals surface area contributed by atoms with Crippen molar-refractivity contribution >= 4 is 11.0 Å². The van der Waals surface area contributed by atoms with Crippen LogP contribution in [0.4, 0.5) is 0 Å². The van der Waals surface area contributed by atoms with Gasteiger partial charge in [0.15, 0.2) is 0 Å². The number of hydrogen-bond donors (Lipinski definition) is 2. The van der Waals surface area contributed by atoms with Crippen LogP contribution in [0.2, 0.25) is 0 Å². The second-order valence-corrected chi connectivity index (χ2v) is 5.14. The van der Waals surface area contributed by atoms with E-state index in [1.165, 1.54) is 5.52 Å². The molecule has 1 aromatic carbocycles. The van der Waals surface area contributed by atoms with Crippen LogP contribution in [-0.2, 0) is 13.0 Å². The molecule has 0 fully saturated rings. The SMILES string of the molecule is CCCc1nc2ccccc2n1CC(CCO)NCC. The molecule has 4 nitrogen and oxygen atoms in total. The summed E-state index contributed by atoms with van der Waals surface area (Å²) in [5.74, 6) is 1.15. The van der Waals surface area contributed by atoms with Crippen molar-refractivity contribution in [1.82, 2.24) is 14.9 Å². The number of aromatic nitrogens is 2. The summed E-state index contributed by atoms with van der Waals surface area (Å²) in [5, 5.41) is 12.7. The van der Waals surface area contributed by atoms with E-state index in [-0.39, 0.29) is 6.61 Å². The predicted molar refractivity (Wildman–Crippen MR) is 82.9 cm³/mol. The minimum Gasteiger partial charge on any atom is -0.396 e. The van der Waals surface area contributed by atoms with Crippen LogP contribution in [0, 0.1) is 0 Å². The molecule has 0 radical (unpaired) electrons. The third kappa shape index (κ3) is 3.38. The highest BCUT2D eigenvalue weighted by Crippen LogP contribution is 2.18. The molecule has 0 saturated carbocycles. The normalized spacial score (nSPS) is 12.9. The van der Waals surface area contributed by atoms with Crippen LogP contribution in [0.3, 0.4) is 0 Å². The van der Waals surface area contributed by atoms with Crippen molar-refractivity contribution in [2.75, 3.05) is 13.2 Å². The Morgan fingerprint density at radius 2 is 2.10 bits per heavy atom. The predicted octanol–water partition coefficient (Wildman–Crippen LogP) is 2.35. The number of aryl methyl sites for hydroxylation is 1. The number of imidazole rings is 1. The molecule has 0 bridgehead atoms. The lowest BCUT2D eigenvalue weighted by Gasteiger charge is -2.19. The fourth-order valence-electron chi connectivity index (χ4n) is 2.67. The lowest BCUT2D eigenvalue weighted by atomic mass is 10.2.